The van der Waals surface area contributed by atoms with Crippen molar-refractivity contribution >= 4 is 33.5 Å². The number of allylic oxidation sites excluding steroid dienone is 4. The lowest BCUT2D eigenvalue weighted by atomic mass is 10.0. The lowest BCUT2D eigenvalue weighted by Crippen LogP contribution is -2.05. The van der Waals surface area contributed by atoms with Gasteiger partial charge in [0.2, 0.25) is 0 Å². The molecule has 9 heteroatoms. The number of rotatable bonds is 4. The number of carbonyl (C=O) groups excluding carboxylic acids is 1. The number of hydrogen-bond acceptors (Lipinski definition) is 4. The van der Waals surface area contributed by atoms with E-state index in [4.69, 9.17) is 16.3 Å². The Labute approximate surface area is 243 Å². The minimum Gasteiger partial charge on any atom is -0.423 e. The first-order chi connectivity index (χ1) is 18.3. The van der Waals surface area contributed by atoms with Crippen molar-refractivity contribution < 1.29 is 32.5 Å². The highest BCUT2D eigenvalue weighted by molar-refractivity contribution is 7.94. The maximum Gasteiger partial charge on any atom is 0.416 e. The Kier molecular flexibility index (Phi) is 13.9. The molecule has 4 nitrogen and oxygen atoms in total. The number of esters is 1. The van der Waals surface area contributed by atoms with Gasteiger partial charge in [0.25, 0.3) is 0 Å². The normalized spacial score (nSPS) is 16.6. The van der Waals surface area contributed by atoms with E-state index in [-0.39, 0.29) is 8.85 Å². The molecule has 1 atom stereocenters. The van der Waals surface area contributed by atoms with E-state index in [0.29, 0.717) is 33.6 Å². The Morgan fingerprint density at radius 3 is 2.12 bits per heavy atom. The number of alkyl halides is 3. The molecule has 0 aromatic heterocycles. The van der Waals surface area contributed by atoms with Crippen molar-refractivity contribution in [1.82, 2.24) is 0 Å². The van der Waals surface area contributed by atoms with Crippen LogP contribution < -0.4 is 4.74 Å². The van der Waals surface area contributed by atoms with E-state index in [1.54, 1.807) is 12.1 Å². The zero-order valence-corrected chi connectivity index (χ0v) is 24.1. The van der Waals surface area contributed by atoms with Crippen LogP contribution in [-0.2, 0) is 33.6 Å². The molecular formula is C31H40ClF3O4S. The number of fused-ring (bicyclic) bond motifs is 1. The van der Waals surface area contributed by atoms with Gasteiger partial charge >= 0.3 is 12.1 Å². The molecule has 0 saturated heterocycles. The van der Waals surface area contributed by atoms with E-state index >= 15 is 0 Å². The molecule has 222 valence electrons. The van der Waals surface area contributed by atoms with Crippen LogP contribution in [0, 0.1) is 5.92 Å². The van der Waals surface area contributed by atoms with Crippen molar-refractivity contribution in [2.75, 3.05) is 6.26 Å². The Hall–Kier alpha value is -2.84. The van der Waals surface area contributed by atoms with Gasteiger partial charge in [-0.2, -0.15) is 13.2 Å². The van der Waals surface area contributed by atoms with Gasteiger partial charge in [-0.15, -0.1) is 0 Å². The van der Waals surface area contributed by atoms with Gasteiger partial charge in [0, 0.05) is 30.1 Å². The highest BCUT2D eigenvalue weighted by atomic mass is 35.5. The molecule has 0 fully saturated rings. The maximum atomic E-state index is 12.6. The lowest BCUT2D eigenvalue weighted by Gasteiger charge is -2.08. The first-order valence-electron chi connectivity index (χ1n) is 12.8. The first kappa shape index (κ1) is 35.2. The van der Waals surface area contributed by atoms with E-state index in [1.807, 2.05) is 26.0 Å². The number of halogens is 4. The van der Waals surface area contributed by atoms with E-state index in [0.717, 1.165) is 31.4 Å². The van der Waals surface area contributed by atoms with Crippen molar-refractivity contribution in [3.8, 4) is 5.75 Å². The smallest absolute Gasteiger partial charge is 0.416 e. The van der Waals surface area contributed by atoms with Crippen molar-refractivity contribution in [1.29, 1.82) is 0 Å². The summed E-state index contributed by atoms with van der Waals surface area (Å²) in [4.78, 5) is 12.4. The molecule has 2 aliphatic carbocycles. The molecule has 0 bridgehead atoms. The van der Waals surface area contributed by atoms with Crippen molar-refractivity contribution in [2.45, 2.75) is 66.5 Å². The van der Waals surface area contributed by atoms with Crippen LogP contribution in [0.25, 0.3) is 6.08 Å². The summed E-state index contributed by atoms with van der Waals surface area (Å²) < 4.78 is 64.6. The van der Waals surface area contributed by atoms with Gasteiger partial charge in [-0.25, -0.2) is 13.2 Å². The zero-order valence-electron chi connectivity index (χ0n) is 22.5. The molecule has 2 aliphatic rings. The number of hydrogen-bond donors (Lipinski definition) is 0. The predicted octanol–water partition coefficient (Wildman–Crippen LogP) is 9.19. The molecule has 2 aromatic rings. The predicted molar refractivity (Wildman–Crippen MR) is 160 cm³/mol. The second kappa shape index (κ2) is 15.8. The molecule has 0 spiro atoms. The summed E-state index contributed by atoms with van der Waals surface area (Å²) >= 11 is 5.56. The van der Waals surface area contributed by atoms with Crippen LogP contribution in [0.2, 0.25) is 0 Å². The highest BCUT2D eigenvalue weighted by Crippen LogP contribution is 2.30. The number of benzene rings is 2. The van der Waals surface area contributed by atoms with Gasteiger partial charge in [0.15, 0.2) is 9.84 Å². The standard InChI is InChI=1S/C22H21F3O2.C6H7ClO2S.C2H6.CH4.H2/c1-15-2-7-17-9-12-20(14-18(17)8-3-15)27-21(26)13-6-16-4-10-19(11-5-16)22(23,24)25;1-10(8,9)6-3-2-5(7)4-6;1-2;;/h4-6,9-15H,2-3,7-8H2,1H3;2-3H,4H2,1H3;1-2H3;1H4;1H/b13-6+;;;;. The maximum absolute atomic E-state index is 12.6. The minimum atomic E-state index is -4.37. The molecule has 0 heterocycles. The monoisotopic (exact) mass is 600 g/mol. The second-order valence-electron chi connectivity index (χ2n) is 9.18. The summed E-state index contributed by atoms with van der Waals surface area (Å²) in [6.45, 7) is 6.25. The summed E-state index contributed by atoms with van der Waals surface area (Å²) in [5.74, 6) is 0.622. The Morgan fingerprint density at radius 1 is 1.02 bits per heavy atom. The zero-order chi connectivity index (χ0) is 29.2. The van der Waals surface area contributed by atoms with E-state index in [2.05, 4.69) is 6.92 Å². The fourth-order valence-corrected chi connectivity index (χ4v) is 4.93. The van der Waals surface area contributed by atoms with Crippen LogP contribution in [-0.4, -0.2) is 20.6 Å². The van der Waals surface area contributed by atoms with Gasteiger partial charge in [0.05, 0.1) is 5.56 Å². The third-order valence-corrected chi connectivity index (χ3v) is 7.62. The second-order valence-corrected chi connectivity index (χ2v) is 11.7. The summed E-state index contributed by atoms with van der Waals surface area (Å²) in [5, 5.41) is 0.584. The number of sulfone groups is 1. The summed E-state index contributed by atoms with van der Waals surface area (Å²) in [6, 6.07) is 10.3. The molecule has 0 amide bonds. The van der Waals surface area contributed by atoms with Crippen LogP contribution in [0.1, 0.15) is 71.1 Å². The highest BCUT2D eigenvalue weighted by Gasteiger charge is 2.29. The average molecular weight is 601 g/mol. The molecule has 0 N–H and O–H groups in total. The summed E-state index contributed by atoms with van der Waals surface area (Å²) in [7, 11) is -3.01. The molecule has 2 aromatic carbocycles. The van der Waals surface area contributed by atoms with Crippen molar-refractivity contribution in [3.05, 3.63) is 92.9 Å². The van der Waals surface area contributed by atoms with Crippen LogP contribution in [0.3, 0.4) is 0 Å². The first-order valence-corrected chi connectivity index (χ1v) is 15.0. The van der Waals surface area contributed by atoms with Gasteiger partial charge in [-0.1, -0.05) is 58.0 Å². The molecule has 0 radical (unpaired) electrons. The average Bonchev–Trinajstić information content (AvgIpc) is 3.25. The Bertz CT molecular complexity index is 1330. The van der Waals surface area contributed by atoms with Gasteiger partial charge in [-0.05, 0) is 90.8 Å². The fraction of sp³-hybridized carbons (Fsp3) is 0.387. The van der Waals surface area contributed by atoms with Gasteiger partial charge in [-0.3, -0.25) is 0 Å². The summed E-state index contributed by atoms with van der Waals surface area (Å²) in [6.07, 6.45) is 7.29. The topological polar surface area (TPSA) is 60.4 Å². The van der Waals surface area contributed by atoms with Crippen LogP contribution in [0.15, 0.2) is 70.6 Å². The van der Waals surface area contributed by atoms with E-state index in [1.165, 1.54) is 54.2 Å². The fourth-order valence-electron chi connectivity index (χ4n) is 3.91. The third kappa shape index (κ3) is 11.3. The molecule has 4 rings (SSSR count). The van der Waals surface area contributed by atoms with E-state index in [9.17, 15) is 26.4 Å². The Morgan fingerprint density at radius 2 is 1.62 bits per heavy atom. The number of aryl methyl sites for hydroxylation is 2. The third-order valence-electron chi connectivity index (χ3n) is 6.13. The molecule has 40 heavy (non-hydrogen) atoms. The Balaban J connectivity index is 0.000000968. The van der Waals surface area contributed by atoms with Gasteiger partial charge < -0.3 is 4.74 Å². The molecule has 0 saturated carbocycles. The SMILES string of the molecule is C.CC.CC1CCc2ccc(OC(=O)/C=C/c3ccc(C(F)(F)F)cc3)cc2CC1.CS(=O)(=O)C1=CC=C(Cl)C1.[HH]. The van der Waals surface area contributed by atoms with Crippen LogP contribution in [0.4, 0.5) is 13.2 Å². The minimum absolute atomic E-state index is 0. The van der Waals surface area contributed by atoms with E-state index < -0.39 is 27.5 Å². The quantitative estimate of drug-likeness (QED) is 0.152. The van der Waals surface area contributed by atoms with Crippen LogP contribution in [0.5, 0.6) is 5.75 Å². The largest absolute Gasteiger partial charge is 0.423 e. The van der Waals surface area contributed by atoms with Crippen molar-refractivity contribution in [2.24, 2.45) is 5.92 Å². The van der Waals surface area contributed by atoms with Crippen molar-refractivity contribution in [3.63, 3.8) is 0 Å². The molecule has 0 aliphatic heterocycles. The number of carbonyl (C=O) groups is 1. The molecular weight excluding hydrogens is 561 g/mol. The number of ether oxygens (including phenoxy) is 1. The van der Waals surface area contributed by atoms with Crippen LogP contribution >= 0.6 is 11.6 Å². The summed E-state index contributed by atoms with van der Waals surface area (Å²) in [5.41, 5.74) is 2.30. The molecule has 1 unspecified atom stereocenters. The van der Waals surface area contributed by atoms with Gasteiger partial charge in [0.1, 0.15) is 5.75 Å². The lowest BCUT2D eigenvalue weighted by molar-refractivity contribution is -0.137.